The summed E-state index contributed by atoms with van der Waals surface area (Å²) >= 11 is 0. The van der Waals surface area contributed by atoms with Crippen LogP contribution < -0.4 is 0 Å². The van der Waals surface area contributed by atoms with E-state index >= 15 is 0 Å². The molecule has 0 saturated carbocycles. The summed E-state index contributed by atoms with van der Waals surface area (Å²) in [4.78, 5) is 0. The van der Waals surface area contributed by atoms with Gasteiger partial charge in [-0.1, -0.05) is 20.3 Å². The van der Waals surface area contributed by atoms with Crippen molar-refractivity contribution in [2.45, 2.75) is 46.1 Å². The van der Waals surface area contributed by atoms with Crippen LogP contribution in [0.15, 0.2) is 0 Å². The molecule has 0 fully saturated rings. The van der Waals surface area contributed by atoms with Gasteiger partial charge in [-0.3, -0.25) is 0 Å². The summed E-state index contributed by atoms with van der Waals surface area (Å²) in [6.07, 6.45) is 3.03. The van der Waals surface area contributed by atoms with Crippen LogP contribution >= 0.6 is 0 Å². The van der Waals surface area contributed by atoms with E-state index < -0.39 is 6.10 Å². The second kappa shape index (κ2) is 14.4. The Morgan fingerprint density at radius 3 is 2.00 bits per heavy atom. The zero-order valence-electron chi connectivity index (χ0n) is 9.12. The molecule has 2 N–H and O–H groups in total. The molecule has 0 radical (unpaired) electrons. The Labute approximate surface area is 81.7 Å². The lowest BCUT2D eigenvalue weighted by Gasteiger charge is -1.97. The lowest BCUT2D eigenvalue weighted by atomic mass is 10.4. The maximum absolute atomic E-state index is 8.11. The van der Waals surface area contributed by atoms with Crippen molar-refractivity contribution in [1.29, 1.82) is 0 Å². The molecular formula is C10H24O3. The van der Waals surface area contributed by atoms with E-state index in [2.05, 4.69) is 13.8 Å². The average Bonchev–Trinajstić information content (AvgIpc) is 2.14. The van der Waals surface area contributed by atoms with Gasteiger partial charge in [-0.05, 0) is 19.8 Å². The van der Waals surface area contributed by atoms with Crippen LogP contribution in [0.2, 0.25) is 0 Å². The maximum Gasteiger partial charge on any atom is 0.0742 e. The van der Waals surface area contributed by atoms with E-state index in [1.54, 1.807) is 0 Å². The summed E-state index contributed by atoms with van der Waals surface area (Å²) in [6, 6.07) is 0. The lowest BCUT2D eigenvalue weighted by molar-refractivity contribution is 0.110. The minimum atomic E-state index is -0.560. The maximum atomic E-state index is 8.11. The fourth-order valence-corrected chi connectivity index (χ4v) is 0.493. The number of rotatable bonds is 6. The van der Waals surface area contributed by atoms with Gasteiger partial charge >= 0.3 is 0 Å². The van der Waals surface area contributed by atoms with Crippen molar-refractivity contribution in [2.75, 3.05) is 19.8 Å². The van der Waals surface area contributed by atoms with Crippen molar-refractivity contribution in [3.8, 4) is 0 Å². The quantitative estimate of drug-likeness (QED) is 0.628. The van der Waals surface area contributed by atoms with Gasteiger partial charge in [0, 0.05) is 13.2 Å². The first kappa shape index (κ1) is 15.4. The van der Waals surface area contributed by atoms with Gasteiger partial charge in [-0.2, -0.15) is 0 Å². The molecule has 0 aliphatic rings. The van der Waals surface area contributed by atoms with Crippen molar-refractivity contribution < 1.29 is 14.9 Å². The highest BCUT2D eigenvalue weighted by molar-refractivity contribution is 4.34. The number of hydrogen-bond acceptors (Lipinski definition) is 3. The molecule has 0 saturated heterocycles. The van der Waals surface area contributed by atoms with Crippen LogP contribution in [0.4, 0.5) is 0 Å². The van der Waals surface area contributed by atoms with E-state index in [1.165, 1.54) is 19.8 Å². The third-order valence-electron chi connectivity index (χ3n) is 1.25. The van der Waals surface area contributed by atoms with Crippen LogP contribution in [-0.2, 0) is 4.74 Å². The molecule has 13 heavy (non-hydrogen) atoms. The molecule has 0 amide bonds. The summed E-state index contributed by atoms with van der Waals surface area (Å²) in [6.45, 7) is 7.57. The molecule has 0 bridgehead atoms. The zero-order chi connectivity index (χ0) is 10.5. The first-order valence-electron chi connectivity index (χ1n) is 5.05. The molecule has 3 heteroatoms. The van der Waals surface area contributed by atoms with Crippen LogP contribution in [0.25, 0.3) is 0 Å². The molecule has 3 nitrogen and oxygen atoms in total. The third kappa shape index (κ3) is 24.5. The Balaban J connectivity index is 0. The average molecular weight is 192 g/mol. The summed E-state index contributed by atoms with van der Waals surface area (Å²) < 4.78 is 5.22. The third-order valence-corrected chi connectivity index (χ3v) is 1.25. The molecule has 1 unspecified atom stereocenters. The van der Waals surface area contributed by atoms with Crippen LogP contribution in [0.3, 0.4) is 0 Å². The Hall–Kier alpha value is -0.120. The summed E-state index contributed by atoms with van der Waals surface area (Å²) in [5, 5.41) is 16.0. The van der Waals surface area contributed by atoms with Crippen molar-refractivity contribution in [3.63, 3.8) is 0 Å². The molecule has 0 aromatic heterocycles. The van der Waals surface area contributed by atoms with Gasteiger partial charge in [0.25, 0.3) is 0 Å². The van der Waals surface area contributed by atoms with Gasteiger partial charge in [-0.25, -0.2) is 0 Å². The molecule has 0 aromatic carbocycles. The van der Waals surface area contributed by atoms with E-state index in [9.17, 15) is 0 Å². The standard InChI is InChI=1S/C7H16O.C3H8O2/c1-3-5-7-8-6-4-2;1-3(5)2-4/h3-7H2,1-2H3;3-5H,2H2,1H3. The minimum Gasteiger partial charge on any atom is -0.394 e. The van der Waals surface area contributed by atoms with Crippen LogP contribution in [0.5, 0.6) is 0 Å². The molecular weight excluding hydrogens is 168 g/mol. The SMILES string of the molecule is CC(O)CO.CCCCOCCC. The van der Waals surface area contributed by atoms with Gasteiger partial charge < -0.3 is 14.9 Å². The highest BCUT2D eigenvalue weighted by atomic mass is 16.5. The van der Waals surface area contributed by atoms with E-state index in [0.29, 0.717) is 0 Å². The predicted octanol–water partition coefficient (Wildman–Crippen LogP) is 1.57. The summed E-state index contributed by atoms with van der Waals surface area (Å²) in [5.74, 6) is 0. The van der Waals surface area contributed by atoms with Crippen LogP contribution in [-0.4, -0.2) is 36.1 Å². The topological polar surface area (TPSA) is 49.7 Å². The summed E-state index contributed by atoms with van der Waals surface area (Å²) in [5.41, 5.74) is 0. The van der Waals surface area contributed by atoms with Gasteiger partial charge in [0.2, 0.25) is 0 Å². The van der Waals surface area contributed by atoms with Crippen molar-refractivity contribution >= 4 is 0 Å². The van der Waals surface area contributed by atoms with Crippen LogP contribution in [0, 0.1) is 0 Å². The molecule has 0 spiro atoms. The Morgan fingerprint density at radius 2 is 1.69 bits per heavy atom. The Kier molecular flexibility index (Phi) is 17.0. The smallest absolute Gasteiger partial charge is 0.0742 e. The van der Waals surface area contributed by atoms with Gasteiger partial charge in [0.05, 0.1) is 12.7 Å². The van der Waals surface area contributed by atoms with Crippen molar-refractivity contribution in [1.82, 2.24) is 0 Å². The van der Waals surface area contributed by atoms with Gasteiger partial charge in [0.15, 0.2) is 0 Å². The Bertz CT molecular complexity index is 68.6. The van der Waals surface area contributed by atoms with E-state index in [0.717, 1.165) is 19.6 Å². The van der Waals surface area contributed by atoms with E-state index in [4.69, 9.17) is 14.9 Å². The van der Waals surface area contributed by atoms with Crippen molar-refractivity contribution in [2.24, 2.45) is 0 Å². The molecule has 0 aliphatic carbocycles. The van der Waals surface area contributed by atoms with E-state index in [1.807, 2.05) is 0 Å². The first-order valence-corrected chi connectivity index (χ1v) is 5.05. The largest absolute Gasteiger partial charge is 0.394 e. The molecule has 82 valence electrons. The fraction of sp³-hybridized carbons (Fsp3) is 1.00. The zero-order valence-corrected chi connectivity index (χ0v) is 9.12. The number of unbranched alkanes of at least 4 members (excludes halogenated alkanes) is 1. The fourth-order valence-electron chi connectivity index (χ4n) is 0.493. The normalized spacial score (nSPS) is 11.8. The van der Waals surface area contributed by atoms with E-state index in [-0.39, 0.29) is 6.61 Å². The predicted molar refractivity (Wildman–Crippen MR) is 54.8 cm³/mol. The molecule has 1 atom stereocenters. The lowest BCUT2D eigenvalue weighted by Crippen LogP contribution is -2.03. The van der Waals surface area contributed by atoms with Gasteiger partial charge in [0.1, 0.15) is 0 Å². The number of hydrogen-bond donors (Lipinski definition) is 2. The second-order valence-electron chi connectivity index (χ2n) is 3.00. The number of aliphatic hydroxyl groups is 2. The Morgan fingerprint density at radius 1 is 1.15 bits per heavy atom. The summed E-state index contributed by atoms with van der Waals surface area (Å²) in [7, 11) is 0. The second-order valence-corrected chi connectivity index (χ2v) is 3.00. The monoisotopic (exact) mass is 192 g/mol. The minimum absolute atomic E-state index is 0.139. The number of aliphatic hydroxyl groups excluding tert-OH is 2. The highest BCUT2D eigenvalue weighted by Crippen LogP contribution is 1.88. The van der Waals surface area contributed by atoms with Gasteiger partial charge in [-0.15, -0.1) is 0 Å². The van der Waals surface area contributed by atoms with Crippen LogP contribution in [0.1, 0.15) is 40.0 Å². The molecule has 0 aromatic rings. The number of ether oxygens (including phenoxy) is 1. The van der Waals surface area contributed by atoms with Crippen molar-refractivity contribution in [3.05, 3.63) is 0 Å². The molecule has 0 rings (SSSR count). The highest BCUT2D eigenvalue weighted by Gasteiger charge is 1.83. The molecule has 0 heterocycles. The first-order chi connectivity index (χ1) is 6.18. The molecule has 0 aliphatic heterocycles.